The zero-order chi connectivity index (χ0) is 21.2. The summed E-state index contributed by atoms with van der Waals surface area (Å²) < 4.78 is 20.1. The van der Waals surface area contributed by atoms with Crippen molar-refractivity contribution in [1.82, 2.24) is 14.5 Å². The first-order chi connectivity index (χ1) is 15.2. The summed E-state index contributed by atoms with van der Waals surface area (Å²) in [7, 11) is 0. The van der Waals surface area contributed by atoms with Gasteiger partial charge < -0.3 is 29.0 Å². The summed E-state index contributed by atoms with van der Waals surface area (Å²) in [6, 6.07) is 15.4. The molecule has 0 radical (unpaired) electrons. The van der Waals surface area contributed by atoms with Crippen molar-refractivity contribution in [1.29, 1.82) is 0 Å². The molecule has 2 fully saturated rings. The van der Waals surface area contributed by atoms with E-state index in [1.165, 1.54) is 0 Å². The van der Waals surface area contributed by atoms with Gasteiger partial charge in [0.2, 0.25) is 0 Å². The van der Waals surface area contributed by atoms with Crippen LogP contribution in [0.5, 0.6) is 5.75 Å². The molecule has 2 aliphatic rings. The maximum atomic E-state index is 12.8. The van der Waals surface area contributed by atoms with Crippen LogP contribution in [0.3, 0.4) is 0 Å². The average molecular weight is 422 g/mol. The SMILES string of the molecule is CCOc1ccccc1NC(=O)N1C[C@@H]2OCC(n3cnc4ccccc43)CO[C@H]2C1. The molecule has 2 aliphatic heterocycles. The van der Waals surface area contributed by atoms with Crippen molar-refractivity contribution in [3.8, 4) is 5.75 Å². The Kier molecular flexibility index (Phi) is 5.48. The summed E-state index contributed by atoms with van der Waals surface area (Å²) in [5, 5.41) is 2.95. The normalized spacial score (nSPS) is 21.6. The number of hydrogen-bond acceptors (Lipinski definition) is 5. The maximum Gasteiger partial charge on any atom is 0.322 e. The first-order valence-electron chi connectivity index (χ1n) is 10.7. The third-order valence-corrected chi connectivity index (χ3v) is 5.81. The number of fused-ring (bicyclic) bond motifs is 2. The fourth-order valence-electron chi connectivity index (χ4n) is 4.22. The highest BCUT2D eigenvalue weighted by atomic mass is 16.6. The second kappa shape index (κ2) is 8.56. The van der Waals surface area contributed by atoms with Gasteiger partial charge in [-0.2, -0.15) is 0 Å². The third kappa shape index (κ3) is 3.96. The maximum absolute atomic E-state index is 12.8. The number of rotatable bonds is 4. The van der Waals surface area contributed by atoms with E-state index in [4.69, 9.17) is 14.2 Å². The Morgan fingerprint density at radius 2 is 1.81 bits per heavy atom. The number of likely N-dealkylation sites (tertiary alicyclic amines) is 1. The van der Waals surface area contributed by atoms with E-state index in [-0.39, 0.29) is 24.3 Å². The number of amides is 2. The van der Waals surface area contributed by atoms with Gasteiger partial charge in [0.25, 0.3) is 0 Å². The van der Waals surface area contributed by atoms with Crippen molar-refractivity contribution in [2.24, 2.45) is 0 Å². The van der Waals surface area contributed by atoms with Gasteiger partial charge in [-0.1, -0.05) is 24.3 Å². The molecule has 8 nitrogen and oxygen atoms in total. The molecular weight excluding hydrogens is 396 g/mol. The van der Waals surface area contributed by atoms with Crippen LogP contribution in [0.15, 0.2) is 54.9 Å². The Hall–Kier alpha value is -3.10. The predicted octanol–water partition coefficient (Wildman–Crippen LogP) is 3.31. The standard InChI is InChI=1S/C23H26N4O4/c1-2-29-20-10-6-4-8-18(20)25-23(28)26-11-21-22(12-26)31-14-16(13-30-21)27-15-24-17-7-3-5-9-19(17)27/h3-10,15-16,21-22H,2,11-14H2,1H3,(H,25,28)/t21-,22-/m0/s1. The second-order valence-corrected chi connectivity index (χ2v) is 7.80. The van der Waals surface area contributed by atoms with Crippen molar-refractivity contribution < 1.29 is 19.0 Å². The lowest BCUT2D eigenvalue weighted by molar-refractivity contribution is -0.00461. The molecule has 31 heavy (non-hydrogen) atoms. The number of anilines is 1. The van der Waals surface area contributed by atoms with Crippen LogP contribution in [0, 0.1) is 0 Å². The fraction of sp³-hybridized carbons (Fsp3) is 0.391. The zero-order valence-electron chi connectivity index (χ0n) is 17.4. The van der Waals surface area contributed by atoms with Crippen LogP contribution in [-0.2, 0) is 9.47 Å². The number of hydrogen-bond donors (Lipinski definition) is 1. The summed E-state index contributed by atoms with van der Waals surface area (Å²) in [6.07, 6.45) is 1.55. The van der Waals surface area contributed by atoms with E-state index >= 15 is 0 Å². The highest BCUT2D eigenvalue weighted by Gasteiger charge is 2.40. The van der Waals surface area contributed by atoms with Gasteiger partial charge in [0.1, 0.15) is 18.0 Å². The van der Waals surface area contributed by atoms with Crippen LogP contribution >= 0.6 is 0 Å². The third-order valence-electron chi connectivity index (χ3n) is 5.81. The molecule has 3 heterocycles. The van der Waals surface area contributed by atoms with Gasteiger partial charge in [-0.3, -0.25) is 0 Å². The summed E-state index contributed by atoms with van der Waals surface area (Å²) in [5.74, 6) is 0.662. The number of carbonyl (C=O) groups is 1. The molecular formula is C23H26N4O4. The highest BCUT2D eigenvalue weighted by Crippen LogP contribution is 2.28. The first-order valence-corrected chi connectivity index (χ1v) is 10.7. The van der Waals surface area contributed by atoms with E-state index in [9.17, 15) is 4.79 Å². The number of nitrogens with zero attached hydrogens (tertiary/aromatic N) is 3. The van der Waals surface area contributed by atoms with Crippen LogP contribution in [0.2, 0.25) is 0 Å². The molecule has 2 saturated heterocycles. The summed E-state index contributed by atoms with van der Waals surface area (Å²) in [4.78, 5) is 19.0. The van der Waals surface area contributed by atoms with Gasteiger partial charge in [-0.15, -0.1) is 0 Å². The molecule has 0 aliphatic carbocycles. The molecule has 162 valence electrons. The van der Waals surface area contributed by atoms with Crippen LogP contribution in [0.25, 0.3) is 11.0 Å². The lowest BCUT2D eigenvalue weighted by Crippen LogP contribution is -2.35. The molecule has 2 amide bonds. The number of imidazole rings is 1. The molecule has 8 heteroatoms. The molecule has 0 spiro atoms. The summed E-state index contributed by atoms with van der Waals surface area (Å²) in [5.41, 5.74) is 2.69. The highest BCUT2D eigenvalue weighted by molar-refractivity contribution is 5.91. The minimum atomic E-state index is -0.176. The summed E-state index contributed by atoms with van der Waals surface area (Å²) in [6.45, 7) is 4.47. The van der Waals surface area contributed by atoms with Gasteiger partial charge in [0.15, 0.2) is 0 Å². The van der Waals surface area contributed by atoms with E-state index in [0.29, 0.717) is 44.3 Å². The lowest BCUT2D eigenvalue weighted by atomic mass is 10.2. The zero-order valence-corrected chi connectivity index (χ0v) is 17.4. The van der Waals surface area contributed by atoms with Gasteiger partial charge in [0.05, 0.1) is 62.0 Å². The fourth-order valence-corrected chi connectivity index (χ4v) is 4.22. The van der Waals surface area contributed by atoms with Crippen molar-refractivity contribution in [2.45, 2.75) is 25.2 Å². The van der Waals surface area contributed by atoms with Gasteiger partial charge >= 0.3 is 6.03 Å². The minimum absolute atomic E-state index is 0.0540. The van der Waals surface area contributed by atoms with Crippen LogP contribution < -0.4 is 10.1 Å². The van der Waals surface area contributed by atoms with Crippen LogP contribution in [0.1, 0.15) is 13.0 Å². The second-order valence-electron chi connectivity index (χ2n) is 7.80. The largest absolute Gasteiger partial charge is 0.492 e. The lowest BCUT2D eigenvalue weighted by Gasteiger charge is -2.21. The molecule has 5 rings (SSSR count). The smallest absolute Gasteiger partial charge is 0.322 e. The van der Waals surface area contributed by atoms with Gasteiger partial charge in [-0.05, 0) is 31.2 Å². The van der Waals surface area contributed by atoms with Crippen LogP contribution in [0.4, 0.5) is 10.5 Å². The monoisotopic (exact) mass is 422 g/mol. The Balaban J connectivity index is 1.22. The average Bonchev–Trinajstić information content (AvgIpc) is 3.35. The molecule has 1 N–H and O–H groups in total. The molecule has 0 unspecified atom stereocenters. The van der Waals surface area contributed by atoms with E-state index < -0.39 is 0 Å². The Labute approximate surface area is 180 Å². The quantitative estimate of drug-likeness (QED) is 0.698. The van der Waals surface area contributed by atoms with Crippen LogP contribution in [-0.4, -0.2) is 65.6 Å². The molecule has 2 atom stereocenters. The molecule has 2 aromatic carbocycles. The number of aromatic nitrogens is 2. The topological polar surface area (TPSA) is 77.9 Å². The number of benzene rings is 2. The number of para-hydroxylation sites is 4. The van der Waals surface area contributed by atoms with Crippen molar-refractivity contribution in [3.05, 3.63) is 54.9 Å². The summed E-state index contributed by atoms with van der Waals surface area (Å²) >= 11 is 0. The van der Waals surface area contributed by atoms with Crippen molar-refractivity contribution in [3.63, 3.8) is 0 Å². The van der Waals surface area contributed by atoms with E-state index in [0.717, 1.165) is 11.0 Å². The van der Waals surface area contributed by atoms with Gasteiger partial charge in [0, 0.05) is 0 Å². The predicted molar refractivity (Wildman–Crippen MR) is 116 cm³/mol. The minimum Gasteiger partial charge on any atom is -0.492 e. The van der Waals surface area contributed by atoms with E-state index in [1.54, 1.807) is 4.90 Å². The van der Waals surface area contributed by atoms with Gasteiger partial charge in [-0.25, -0.2) is 9.78 Å². The molecule has 1 aromatic heterocycles. The number of ether oxygens (including phenoxy) is 3. The van der Waals surface area contributed by atoms with E-state index in [1.807, 2.05) is 55.7 Å². The van der Waals surface area contributed by atoms with Crippen molar-refractivity contribution in [2.75, 3.05) is 38.2 Å². The Morgan fingerprint density at radius 3 is 2.58 bits per heavy atom. The number of urea groups is 1. The Bertz CT molecular complexity index is 1050. The van der Waals surface area contributed by atoms with Crippen molar-refractivity contribution >= 4 is 22.8 Å². The molecule has 3 aromatic rings. The molecule has 0 bridgehead atoms. The number of carbonyl (C=O) groups excluding carboxylic acids is 1. The van der Waals surface area contributed by atoms with E-state index in [2.05, 4.69) is 20.9 Å². The Morgan fingerprint density at radius 1 is 1.10 bits per heavy atom. The first kappa shape index (κ1) is 19.8. The molecule has 0 saturated carbocycles. The number of nitrogens with one attached hydrogen (secondary N) is 1.